The molecule has 0 radical (unpaired) electrons. The Morgan fingerprint density at radius 1 is 1.38 bits per heavy atom. The molecule has 3 heteroatoms. The van der Waals surface area contributed by atoms with Gasteiger partial charge in [-0.15, -0.1) is 0 Å². The molecule has 0 aliphatic carbocycles. The van der Waals surface area contributed by atoms with Gasteiger partial charge in [-0.25, -0.2) is 4.79 Å². The Morgan fingerprint density at radius 2 is 2.00 bits per heavy atom. The number of benzene rings is 1. The quantitative estimate of drug-likeness (QED) is 0.773. The van der Waals surface area contributed by atoms with Gasteiger partial charge in [0.25, 0.3) is 0 Å². The van der Waals surface area contributed by atoms with Crippen molar-refractivity contribution in [1.29, 1.82) is 0 Å². The molecule has 0 heterocycles. The molecule has 0 saturated heterocycles. The highest BCUT2D eigenvalue weighted by atomic mass is 16.4. The number of carbonyl (C=O) groups is 1. The highest BCUT2D eigenvalue weighted by molar-refractivity contribution is 5.79. The van der Waals surface area contributed by atoms with E-state index in [0.29, 0.717) is 6.54 Å². The summed E-state index contributed by atoms with van der Waals surface area (Å²) in [5, 5.41) is 8.50. The van der Waals surface area contributed by atoms with Gasteiger partial charge in [-0.2, -0.15) is 0 Å². The molecule has 0 aliphatic rings. The maximum atomic E-state index is 10.3. The molecular weight excluding hydrogens is 202 g/mol. The molecule has 1 N–H and O–H groups in total. The number of carboxylic acids is 1. The Balaban J connectivity index is 2.67. The Morgan fingerprint density at radius 3 is 2.50 bits per heavy atom. The van der Waals surface area contributed by atoms with E-state index in [4.69, 9.17) is 5.11 Å². The van der Waals surface area contributed by atoms with Gasteiger partial charge in [0.05, 0.1) is 0 Å². The van der Waals surface area contributed by atoms with Crippen LogP contribution in [0.1, 0.15) is 12.5 Å². The second kappa shape index (κ2) is 5.95. The fourth-order valence-electron chi connectivity index (χ4n) is 1.45. The van der Waals surface area contributed by atoms with Crippen molar-refractivity contribution in [2.24, 2.45) is 0 Å². The molecule has 0 spiro atoms. The first-order chi connectivity index (χ1) is 7.63. The van der Waals surface area contributed by atoms with Crippen LogP contribution < -0.4 is 4.90 Å². The molecule has 0 saturated carbocycles. The van der Waals surface area contributed by atoms with Gasteiger partial charge >= 0.3 is 5.97 Å². The third-order valence-corrected chi connectivity index (χ3v) is 2.37. The number of aryl methyl sites for hydroxylation is 1. The number of likely N-dealkylation sites (N-methyl/N-ethyl adjacent to an activating group) is 1. The average molecular weight is 219 g/mol. The number of carboxylic acid groups (broad SMARTS) is 1. The van der Waals surface area contributed by atoms with Crippen molar-refractivity contribution in [3.8, 4) is 0 Å². The Kier molecular flexibility index (Phi) is 4.58. The summed E-state index contributed by atoms with van der Waals surface area (Å²) in [5.41, 5.74) is 2.34. The van der Waals surface area contributed by atoms with Gasteiger partial charge in [-0.3, -0.25) is 0 Å². The first-order valence-corrected chi connectivity index (χ1v) is 5.34. The SMILES string of the molecule is CCN(CC=CC(=O)O)c1ccc(C)cc1. The molecule has 0 amide bonds. The first kappa shape index (κ1) is 12.3. The normalized spacial score (nSPS) is 10.6. The van der Waals surface area contributed by atoms with Gasteiger partial charge in [-0.05, 0) is 26.0 Å². The third kappa shape index (κ3) is 3.77. The fraction of sp³-hybridized carbons (Fsp3) is 0.308. The second-order valence-electron chi connectivity index (χ2n) is 3.61. The van der Waals surface area contributed by atoms with E-state index >= 15 is 0 Å². The highest BCUT2D eigenvalue weighted by Crippen LogP contribution is 2.14. The fourth-order valence-corrected chi connectivity index (χ4v) is 1.45. The van der Waals surface area contributed by atoms with Crippen LogP contribution >= 0.6 is 0 Å². The summed E-state index contributed by atoms with van der Waals surface area (Å²) in [6, 6.07) is 8.21. The molecule has 0 aliphatic heterocycles. The van der Waals surface area contributed by atoms with Crippen LogP contribution in [0.15, 0.2) is 36.4 Å². The van der Waals surface area contributed by atoms with Gasteiger partial charge in [0, 0.05) is 24.9 Å². The number of hydrogen-bond donors (Lipinski definition) is 1. The monoisotopic (exact) mass is 219 g/mol. The van der Waals surface area contributed by atoms with E-state index in [9.17, 15) is 4.79 Å². The van der Waals surface area contributed by atoms with E-state index in [-0.39, 0.29) is 0 Å². The van der Waals surface area contributed by atoms with E-state index in [0.717, 1.165) is 12.2 Å². The highest BCUT2D eigenvalue weighted by Gasteiger charge is 2.01. The Bertz CT molecular complexity index is 368. The van der Waals surface area contributed by atoms with Crippen LogP contribution in [0.3, 0.4) is 0 Å². The lowest BCUT2D eigenvalue weighted by Crippen LogP contribution is -2.22. The van der Waals surface area contributed by atoms with Crippen molar-refractivity contribution in [1.82, 2.24) is 0 Å². The van der Waals surface area contributed by atoms with E-state index in [1.54, 1.807) is 6.08 Å². The topological polar surface area (TPSA) is 40.5 Å². The van der Waals surface area contributed by atoms with Gasteiger partial charge < -0.3 is 10.0 Å². The van der Waals surface area contributed by atoms with Gasteiger partial charge in [-0.1, -0.05) is 23.8 Å². The van der Waals surface area contributed by atoms with Gasteiger partial charge in [0.1, 0.15) is 0 Å². The zero-order valence-corrected chi connectivity index (χ0v) is 9.68. The number of hydrogen-bond acceptors (Lipinski definition) is 2. The van der Waals surface area contributed by atoms with E-state index in [1.807, 2.05) is 19.1 Å². The summed E-state index contributed by atoms with van der Waals surface area (Å²) in [6.07, 6.45) is 2.84. The lowest BCUT2D eigenvalue weighted by atomic mass is 10.2. The van der Waals surface area contributed by atoms with E-state index in [1.165, 1.54) is 11.6 Å². The summed E-state index contributed by atoms with van der Waals surface area (Å²) < 4.78 is 0. The largest absolute Gasteiger partial charge is 0.478 e. The Hall–Kier alpha value is -1.77. The molecule has 1 aromatic carbocycles. The van der Waals surface area contributed by atoms with Gasteiger partial charge in [0.2, 0.25) is 0 Å². The maximum Gasteiger partial charge on any atom is 0.328 e. The molecule has 1 aromatic rings. The average Bonchev–Trinajstić information content (AvgIpc) is 2.26. The summed E-state index contributed by atoms with van der Waals surface area (Å²) in [5.74, 6) is -0.903. The van der Waals surface area contributed by atoms with Crippen molar-refractivity contribution in [3.05, 3.63) is 42.0 Å². The summed E-state index contributed by atoms with van der Waals surface area (Å²) in [6.45, 7) is 5.57. The zero-order chi connectivity index (χ0) is 12.0. The first-order valence-electron chi connectivity index (χ1n) is 5.34. The number of nitrogens with zero attached hydrogens (tertiary/aromatic N) is 1. The molecule has 0 atom stereocenters. The van der Waals surface area contributed by atoms with Crippen LogP contribution in [0.2, 0.25) is 0 Å². The molecule has 1 rings (SSSR count). The number of aliphatic carboxylic acids is 1. The predicted molar refractivity (Wildman–Crippen MR) is 65.8 cm³/mol. The Labute approximate surface area is 96.0 Å². The molecule has 0 unspecified atom stereocenters. The van der Waals surface area contributed by atoms with Crippen LogP contribution in [0, 0.1) is 6.92 Å². The molecule has 16 heavy (non-hydrogen) atoms. The molecule has 86 valence electrons. The standard InChI is InChI=1S/C13H17NO2/c1-3-14(10-4-5-13(15)16)12-8-6-11(2)7-9-12/h4-9H,3,10H2,1-2H3,(H,15,16). The minimum atomic E-state index is -0.903. The third-order valence-electron chi connectivity index (χ3n) is 2.37. The van der Waals surface area contributed by atoms with E-state index in [2.05, 4.69) is 24.0 Å². The van der Waals surface area contributed by atoms with Crippen LogP contribution in [-0.2, 0) is 4.79 Å². The summed E-state index contributed by atoms with van der Waals surface area (Å²) in [4.78, 5) is 12.5. The zero-order valence-electron chi connectivity index (χ0n) is 9.68. The smallest absolute Gasteiger partial charge is 0.328 e. The minimum absolute atomic E-state index is 0.617. The number of anilines is 1. The molecule has 0 fully saturated rings. The van der Waals surface area contributed by atoms with Gasteiger partial charge in [0.15, 0.2) is 0 Å². The maximum absolute atomic E-state index is 10.3. The number of rotatable bonds is 5. The van der Waals surface area contributed by atoms with Crippen molar-refractivity contribution in [3.63, 3.8) is 0 Å². The minimum Gasteiger partial charge on any atom is -0.478 e. The van der Waals surface area contributed by atoms with Crippen molar-refractivity contribution >= 4 is 11.7 Å². The second-order valence-corrected chi connectivity index (χ2v) is 3.61. The summed E-state index contributed by atoms with van der Waals surface area (Å²) in [7, 11) is 0. The lowest BCUT2D eigenvalue weighted by Gasteiger charge is -2.21. The molecular formula is C13H17NO2. The molecule has 0 bridgehead atoms. The van der Waals surface area contributed by atoms with Crippen molar-refractivity contribution in [2.75, 3.05) is 18.0 Å². The van der Waals surface area contributed by atoms with Crippen molar-refractivity contribution < 1.29 is 9.90 Å². The van der Waals surface area contributed by atoms with Crippen LogP contribution in [0.5, 0.6) is 0 Å². The van der Waals surface area contributed by atoms with Crippen LogP contribution in [0.4, 0.5) is 5.69 Å². The lowest BCUT2D eigenvalue weighted by molar-refractivity contribution is -0.131. The van der Waals surface area contributed by atoms with Crippen LogP contribution in [0.25, 0.3) is 0 Å². The summed E-state index contributed by atoms with van der Waals surface area (Å²) >= 11 is 0. The molecule has 3 nitrogen and oxygen atoms in total. The molecule has 0 aromatic heterocycles. The van der Waals surface area contributed by atoms with Crippen molar-refractivity contribution in [2.45, 2.75) is 13.8 Å². The van der Waals surface area contributed by atoms with Crippen LogP contribution in [-0.4, -0.2) is 24.2 Å². The predicted octanol–water partition coefficient (Wildman–Crippen LogP) is 2.46. The van der Waals surface area contributed by atoms with E-state index < -0.39 is 5.97 Å².